The van der Waals surface area contributed by atoms with Crippen molar-refractivity contribution in [3.8, 4) is 0 Å². The van der Waals surface area contributed by atoms with Crippen molar-refractivity contribution in [3.63, 3.8) is 0 Å². The summed E-state index contributed by atoms with van der Waals surface area (Å²) in [6.45, 7) is 8.45. The number of hydrogen-bond donors (Lipinski definition) is 1. The molecule has 2 heterocycles. The van der Waals surface area contributed by atoms with E-state index < -0.39 is 11.7 Å². The molecular weight excluding hydrogens is 254 g/mol. The minimum absolute atomic E-state index is 0.434. The molecule has 1 aromatic rings. The molecule has 0 aromatic heterocycles. The molecule has 1 aromatic carbocycles. The molecule has 1 fully saturated rings. The van der Waals surface area contributed by atoms with Gasteiger partial charge >= 0.3 is 0 Å². The lowest BCUT2D eigenvalue weighted by Gasteiger charge is -2.38. The van der Waals surface area contributed by atoms with E-state index in [9.17, 15) is 9.59 Å². The van der Waals surface area contributed by atoms with Gasteiger partial charge in [0.2, 0.25) is 0 Å². The SMILES string of the molecule is CC(C)N1CCN(c2ccc3c(c2)NC(=O)C3=O)CC1. The van der Waals surface area contributed by atoms with Crippen LogP contribution in [0.15, 0.2) is 18.2 Å². The molecule has 0 unspecified atom stereocenters. The molecule has 0 spiro atoms. The normalized spacial score (nSPS) is 19.4. The molecule has 2 aliphatic rings. The van der Waals surface area contributed by atoms with E-state index in [0.29, 0.717) is 17.3 Å². The summed E-state index contributed by atoms with van der Waals surface area (Å²) in [5.74, 6) is -0.960. The highest BCUT2D eigenvalue weighted by Gasteiger charge is 2.28. The van der Waals surface area contributed by atoms with Gasteiger partial charge in [-0.05, 0) is 32.0 Å². The molecule has 2 aliphatic heterocycles. The van der Waals surface area contributed by atoms with Crippen LogP contribution < -0.4 is 10.2 Å². The molecular formula is C15H19N3O2. The summed E-state index contributed by atoms with van der Waals surface area (Å²) in [6.07, 6.45) is 0. The lowest BCUT2D eigenvalue weighted by atomic mass is 10.1. The summed E-state index contributed by atoms with van der Waals surface area (Å²) in [5.41, 5.74) is 2.20. The van der Waals surface area contributed by atoms with Gasteiger partial charge in [-0.1, -0.05) is 0 Å². The fraction of sp³-hybridized carbons (Fsp3) is 0.467. The Kier molecular flexibility index (Phi) is 3.22. The van der Waals surface area contributed by atoms with E-state index in [2.05, 4.69) is 29.0 Å². The molecule has 0 saturated carbocycles. The highest BCUT2D eigenvalue weighted by molar-refractivity contribution is 6.51. The van der Waals surface area contributed by atoms with Crippen LogP contribution in [0.25, 0.3) is 0 Å². The highest BCUT2D eigenvalue weighted by Crippen LogP contribution is 2.28. The largest absolute Gasteiger partial charge is 0.369 e. The van der Waals surface area contributed by atoms with Crippen molar-refractivity contribution in [2.24, 2.45) is 0 Å². The molecule has 1 N–H and O–H groups in total. The van der Waals surface area contributed by atoms with Gasteiger partial charge in [-0.3, -0.25) is 14.5 Å². The lowest BCUT2D eigenvalue weighted by molar-refractivity contribution is -0.112. The van der Waals surface area contributed by atoms with Gasteiger partial charge in [0.15, 0.2) is 0 Å². The minimum Gasteiger partial charge on any atom is -0.369 e. The topological polar surface area (TPSA) is 52.6 Å². The summed E-state index contributed by atoms with van der Waals surface area (Å²) in [7, 11) is 0. The standard InChI is InChI=1S/C15H19N3O2/c1-10(2)17-5-7-18(8-6-17)11-3-4-12-13(9-11)16-15(20)14(12)19/h3-4,9-10H,5-8H2,1-2H3,(H,16,19,20). The Bertz CT molecular complexity index is 560. The maximum atomic E-state index is 11.6. The number of piperazine rings is 1. The molecule has 106 valence electrons. The van der Waals surface area contributed by atoms with Crippen molar-refractivity contribution in [1.29, 1.82) is 0 Å². The number of hydrogen-bond acceptors (Lipinski definition) is 4. The molecule has 0 radical (unpaired) electrons. The third-order valence-electron chi connectivity index (χ3n) is 4.11. The average Bonchev–Trinajstić information content (AvgIpc) is 2.74. The number of ketones is 1. The zero-order chi connectivity index (χ0) is 14.3. The maximum Gasteiger partial charge on any atom is 0.296 e. The minimum atomic E-state index is -0.526. The van der Waals surface area contributed by atoms with Crippen molar-refractivity contribution >= 4 is 23.1 Å². The van der Waals surface area contributed by atoms with Crippen LogP contribution >= 0.6 is 0 Å². The number of carbonyl (C=O) groups is 2. The fourth-order valence-corrected chi connectivity index (χ4v) is 2.83. The van der Waals surface area contributed by atoms with E-state index in [1.807, 2.05) is 12.1 Å². The van der Waals surface area contributed by atoms with Gasteiger partial charge in [0.1, 0.15) is 0 Å². The summed E-state index contributed by atoms with van der Waals surface area (Å²) in [5, 5.41) is 2.63. The number of carbonyl (C=O) groups excluding carboxylic acids is 2. The number of fused-ring (bicyclic) bond motifs is 1. The second-order valence-electron chi connectivity index (χ2n) is 5.63. The van der Waals surface area contributed by atoms with Crippen molar-refractivity contribution in [3.05, 3.63) is 23.8 Å². The number of benzene rings is 1. The smallest absolute Gasteiger partial charge is 0.296 e. The second kappa shape index (κ2) is 4.90. The first-order valence-electron chi connectivity index (χ1n) is 7.05. The van der Waals surface area contributed by atoms with Gasteiger partial charge in [0.25, 0.3) is 11.7 Å². The zero-order valence-electron chi connectivity index (χ0n) is 11.8. The average molecular weight is 273 g/mol. The van der Waals surface area contributed by atoms with Crippen molar-refractivity contribution in [2.75, 3.05) is 36.4 Å². The van der Waals surface area contributed by atoms with E-state index in [1.165, 1.54) is 0 Å². The van der Waals surface area contributed by atoms with E-state index >= 15 is 0 Å². The third kappa shape index (κ3) is 2.18. The van der Waals surface area contributed by atoms with Crippen LogP contribution in [-0.4, -0.2) is 48.8 Å². The number of anilines is 2. The Hall–Kier alpha value is -1.88. The van der Waals surface area contributed by atoms with Crippen molar-refractivity contribution in [2.45, 2.75) is 19.9 Å². The first kappa shape index (κ1) is 13.1. The Morgan fingerprint density at radius 3 is 2.45 bits per heavy atom. The number of Topliss-reactive ketones (excluding diaryl/α,β-unsaturated/α-hetero) is 1. The summed E-state index contributed by atoms with van der Waals surface area (Å²) < 4.78 is 0. The van der Waals surface area contributed by atoms with Crippen LogP contribution in [-0.2, 0) is 4.79 Å². The lowest BCUT2D eigenvalue weighted by Crippen LogP contribution is -2.48. The number of rotatable bonds is 2. The molecule has 3 rings (SSSR count). The van der Waals surface area contributed by atoms with Gasteiger partial charge in [-0.2, -0.15) is 0 Å². The van der Waals surface area contributed by atoms with Crippen LogP contribution in [0.2, 0.25) is 0 Å². The molecule has 0 atom stereocenters. The van der Waals surface area contributed by atoms with Crippen LogP contribution in [0.1, 0.15) is 24.2 Å². The maximum absolute atomic E-state index is 11.6. The van der Waals surface area contributed by atoms with E-state index in [1.54, 1.807) is 6.07 Å². The Morgan fingerprint density at radius 1 is 1.10 bits per heavy atom. The summed E-state index contributed by atoms with van der Waals surface area (Å²) in [6, 6.07) is 6.17. The molecule has 5 nitrogen and oxygen atoms in total. The van der Waals surface area contributed by atoms with Gasteiger partial charge in [0, 0.05) is 37.9 Å². The first-order valence-corrected chi connectivity index (χ1v) is 7.05. The molecule has 1 amide bonds. The Morgan fingerprint density at radius 2 is 1.80 bits per heavy atom. The molecule has 1 saturated heterocycles. The number of nitrogens with zero attached hydrogens (tertiary/aromatic N) is 2. The second-order valence-corrected chi connectivity index (χ2v) is 5.63. The predicted octanol–water partition coefficient (Wildman–Crippen LogP) is 1.35. The third-order valence-corrected chi connectivity index (χ3v) is 4.11. The summed E-state index contributed by atoms with van der Waals surface area (Å²) in [4.78, 5) is 27.7. The van der Waals surface area contributed by atoms with E-state index in [0.717, 1.165) is 31.9 Å². The highest BCUT2D eigenvalue weighted by atomic mass is 16.2. The quantitative estimate of drug-likeness (QED) is 0.827. The Balaban J connectivity index is 1.76. The van der Waals surface area contributed by atoms with Gasteiger partial charge in [0.05, 0.1) is 11.3 Å². The fourth-order valence-electron chi connectivity index (χ4n) is 2.83. The summed E-state index contributed by atoms with van der Waals surface area (Å²) >= 11 is 0. The van der Waals surface area contributed by atoms with Crippen LogP contribution in [0.5, 0.6) is 0 Å². The number of nitrogens with one attached hydrogen (secondary N) is 1. The number of amides is 1. The molecule has 0 aliphatic carbocycles. The molecule has 0 bridgehead atoms. The van der Waals surface area contributed by atoms with Gasteiger partial charge in [-0.25, -0.2) is 0 Å². The molecule has 5 heteroatoms. The Labute approximate surface area is 118 Å². The van der Waals surface area contributed by atoms with Crippen molar-refractivity contribution < 1.29 is 9.59 Å². The zero-order valence-corrected chi connectivity index (χ0v) is 11.8. The molecule has 20 heavy (non-hydrogen) atoms. The van der Waals surface area contributed by atoms with Crippen LogP contribution in [0.4, 0.5) is 11.4 Å². The predicted molar refractivity (Wildman–Crippen MR) is 78.3 cm³/mol. The van der Waals surface area contributed by atoms with E-state index in [4.69, 9.17) is 0 Å². The van der Waals surface area contributed by atoms with Crippen LogP contribution in [0, 0.1) is 0 Å². The van der Waals surface area contributed by atoms with E-state index in [-0.39, 0.29) is 0 Å². The van der Waals surface area contributed by atoms with Gasteiger partial charge in [-0.15, -0.1) is 0 Å². The monoisotopic (exact) mass is 273 g/mol. The van der Waals surface area contributed by atoms with Gasteiger partial charge < -0.3 is 10.2 Å². The van der Waals surface area contributed by atoms with Crippen molar-refractivity contribution in [1.82, 2.24) is 4.90 Å². The van der Waals surface area contributed by atoms with Crippen LogP contribution in [0.3, 0.4) is 0 Å². The first-order chi connectivity index (χ1) is 9.56.